The molecule has 1 aliphatic rings. The molecular weight excluding hydrogens is 472 g/mol. The van der Waals surface area contributed by atoms with Crippen LogP contribution in [0.5, 0.6) is 0 Å². The molecule has 0 saturated carbocycles. The molecule has 7 atom stereocenters. The van der Waals surface area contributed by atoms with Crippen molar-refractivity contribution in [2.24, 2.45) is 0 Å². The van der Waals surface area contributed by atoms with Gasteiger partial charge in [0.15, 0.2) is 23.5 Å². The number of carbonyl (C=O) groups is 2. The number of aromatic amines is 1. The van der Waals surface area contributed by atoms with Crippen molar-refractivity contribution in [1.82, 2.24) is 24.8 Å². The standard InChI is InChI=1S/C19H28N6O10/c1-7-12(28)13(29)14(30)18(35-7)34-4-2-3-9(27)22-10(17(32)33)8(26)5-25-6-21-11-15(25)23-19(20)24-16(11)31/h6-8,10,12-14,18,26,28-30H,2-5H2,1H3,(H,22,27)(H,32,33)(H3,20,23,24,31)/t7-,8?,10-,12+,13+,14-,18+/m0/s1. The molecule has 2 aromatic heterocycles. The number of nitrogens with zero attached hydrogens (tertiary/aromatic N) is 3. The molecule has 1 unspecified atom stereocenters. The second kappa shape index (κ2) is 11.1. The molecular formula is C19H28N6O10. The van der Waals surface area contributed by atoms with E-state index in [0.29, 0.717) is 0 Å². The minimum Gasteiger partial charge on any atom is -0.480 e. The zero-order valence-electron chi connectivity index (χ0n) is 18.6. The van der Waals surface area contributed by atoms with Crippen molar-refractivity contribution in [2.45, 2.75) is 69.2 Å². The van der Waals surface area contributed by atoms with Crippen LogP contribution in [-0.2, 0) is 25.6 Å². The third-order valence-corrected chi connectivity index (χ3v) is 5.48. The first-order valence-corrected chi connectivity index (χ1v) is 10.7. The van der Waals surface area contributed by atoms with E-state index in [0.717, 1.165) is 0 Å². The molecule has 16 nitrogen and oxygen atoms in total. The summed E-state index contributed by atoms with van der Waals surface area (Å²) in [5.41, 5.74) is 4.90. The summed E-state index contributed by atoms with van der Waals surface area (Å²) in [7, 11) is 0. The quantitative estimate of drug-likeness (QED) is 0.146. The minimum atomic E-state index is -1.68. The highest BCUT2D eigenvalue weighted by atomic mass is 16.7. The number of carboxylic acids is 1. The predicted octanol–water partition coefficient (Wildman–Crippen LogP) is -3.74. The number of carbonyl (C=O) groups excluding carboxylic acids is 1. The molecule has 35 heavy (non-hydrogen) atoms. The number of aliphatic carboxylic acids is 1. The molecule has 0 aromatic carbocycles. The van der Waals surface area contributed by atoms with Crippen LogP contribution < -0.4 is 16.6 Å². The molecule has 3 heterocycles. The number of H-pyrrole nitrogens is 1. The van der Waals surface area contributed by atoms with Crippen LogP contribution in [0.1, 0.15) is 19.8 Å². The van der Waals surface area contributed by atoms with Crippen LogP contribution in [0, 0.1) is 0 Å². The molecule has 1 amide bonds. The number of nitrogens with two attached hydrogens (primary N) is 1. The lowest BCUT2D eigenvalue weighted by atomic mass is 10.0. The number of hydrogen-bond acceptors (Lipinski definition) is 12. The summed E-state index contributed by atoms with van der Waals surface area (Å²) in [5, 5.41) is 51.5. The van der Waals surface area contributed by atoms with Crippen molar-refractivity contribution >= 4 is 29.0 Å². The van der Waals surface area contributed by atoms with Gasteiger partial charge < -0.3 is 50.6 Å². The molecule has 1 fully saturated rings. The van der Waals surface area contributed by atoms with Crippen molar-refractivity contribution in [2.75, 3.05) is 12.3 Å². The second-order valence-electron chi connectivity index (χ2n) is 8.13. The summed E-state index contributed by atoms with van der Waals surface area (Å²) in [6.45, 7) is 1.07. The summed E-state index contributed by atoms with van der Waals surface area (Å²) < 4.78 is 11.8. The Bertz CT molecular complexity index is 1110. The number of nitrogens with one attached hydrogen (secondary N) is 2. The van der Waals surface area contributed by atoms with Crippen LogP contribution in [0.15, 0.2) is 11.1 Å². The Morgan fingerprint density at radius 3 is 2.71 bits per heavy atom. The van der Waals surface area contributed by atoms with Gasteiger partial charge in [-0.1, -0.05) is 0 Å². The fourth-order valence-electron chi connectivity index (χ4n) is 3.56. The number of fused-ring (bicyclic) bond motifs is 1. The van der Waals surface area contributed by atoms with E-state index in [9.17, 15) is 39.9 Å². The first kappa shape index (κ1) is 26.5. The first-order chi connectivity index (χ1) is 16.5. The minimum absolute atomic E-state index is 0.0389. The third kappa shape index (κ3) is 6.11. The molecule has 0 bridgehead atoms. The average molecular weight is 500 g/mol. The number of aromatic nitrogens is 4. The molecule has 0 spiro atoms. The normalized spacial score (nSPS) is 26.4. The Morgan fingerprint density at radius 2 is 2.03 bits per heavy atom. The van der Waals surface area contributed by atoms with E-state index in [-0.39, 0.29) is 43.1 Å². The van der Waals surface area contributed by atoms with Gasteiger partial charge in [0.05, 0.1) is 25.6 Å². The molecule has 1 saturated heterocycles. The van der Waals surface area contributed by atoms with Crippen molar-refractivity contribution in [3.63, 3.8) is 0 Å². The summed E-state index contributed by atoms with van der Waals surface area (Å²) >= 11 is 0. The van der Waals surface area contributed by atoms with Gasteiger partial charge in [-0.05, 0) is 13.3 Å². The molecule has 0 aliphatic carbocycles. The van der Waals surface area contributed by atoms with Gasteiger partial charge in [0.1, 0.15) is 24.4 Å². The van der Waals surface area contributed by atoms with Gasteiger partial charge in [-0.3, -0.25) is 14.6 Å². The van der Waals surface area contributed by atoms with Crippen LogP contribution >= 0.6 is 0 Å². The lowest BCUT2D eigenvalue weighted by Crippen LogP contribution is -2.57. The van der Waals surface area contributed by atoms with Gasteiger partial charge in [-0.25, -0.2) is 9.78 Å². The molecule has 16 heteroatoms. The Balaban J connectivity index is 1.51. The number of imidazole rings is 1. The Morgan fingerprint density at radius 1 is 1.31 bits per heavy atom. The van der Waals surface area contributed by atoms with Gasteiger partial charge in [-0.2, -0.15) is 4.98 Å². The van der Waals surface area contributed by atoms with E-state index in [4.69, 9.17) is 15.2 Å². The molecule has 1 aliphatic heterocycles. The summed E-state index contributed by atoms with van der Waals surface area (Å²) in [5.74, 6) is -2.37. The topological polar surface area (TPSA) is 255 Å². The number of ether oxygens (including phenoxy) is 2. The smallest absolute Gasteiger partial charge is 0.329 e. The lowest BCUT2D eigenvalue weighted by molar-refractivity contribution is -0.293. The van der Waals surface area contributed by atoms with E-state index in [2.05, 4.69) is 20.3 Å². The van der Waals surface area contributed by atoms with Gasteiger partial charge in [0.25, 0.3) is 5.56 Å². The number of amides is 1. The van der Waals surface area contributed by atoms with E-state index in [1.807, 2.05) is 0 Å². The van der Waals surface area contributed by atoms with Crippen LogP contribution in [-0.4, -0.2) is 106 Å². The molecule has 9 N–H and O–H groups in total. The fraction of sp³-hybridized carbons (Fsp3) is 0.632. The van der Waals surface area contributed by atoms with Crippen molar-refractivity contribution in [1.29, 1.82) is 0 Å². The highest BCUT2D eigenvalue weighted by Crippen LogP contribution is 2.22. The van der Waals surface area contributed by atoms with Crippen LogP contribution in [0.3, 0.4) is 0 Å². The Kier molecular flexibility index (Phi) is 8.36. The van der Waals surface area contributed by atoms with Crippen molar-refractivity contribution < 1.29 is 44.6 Å². The number of aliphatic hydroxyl groups excluding tert-OH is 4. The number of anilines is 1. The third-order valence-electron chi connectivity index (χ3n) is 5.48. The molecule has 2 aromatic rings. The maximum atomic E-state index is 12.2. The number of rotatable bonds is 10. The number of hydrogen-bond donors (Lipinski definition) is 8. The SMILES string of the molecule is C[C@@H]1O[C@@H](OCCCC(=O)N[C@H](C(=O)O)C(O)Cn2cnc3c(=O)[nH]c(N)nc32)[C@@H](O)[C@H](O)[C@@H]1O. The number of carboxylic acid groups (broad SMARTS) is 1. The van der Waals surface area contributed by atoms with Gasteiger partial charge in [-0.15, -0.1) is 0 Å². The fourth-order valence-corrected chi connectivity index (χ4v) is 3.56. The largest absolute Gasteiger partial charge is 0.480 e. The summed E-state index contributed by atoms with van der Waals surface area (Å²) in [6.07, 6.45) is -6.70. The van der Waals surface area contributed by atoms with Crippen molar-refractivity contribution in [3.05, 3.63) is 16.7 Å². The predicted molar refractivity (Wildman–Crippen MR) is 116 cm³/mol. The van der Waals surface area contributed by atoms with Crippen LogP contribution in [0.25, 0.3) is 11.2 Å². The van der Waals surface area contributed by atoms with Gasteiger partial charge >= 0.3 is 5.97 Å². The maximum absolute atomic E-state index is 12.2. The summed E-state index contributed by atoms with van der Waals surface area (Å²) in [6, 6.07) is -1.68. The van der Waals surface area contributed by atoms with Gasteiger partial charge in [0, 0.05) is 6.42 Å². The van der Waals surface area contributed by atoms with Crippen molar-refractivity contribution in [3.8, 4) is 0 Å². The van der Waals surface area contributed by atoms with E-state index in [1.54, 1.807) is 0 Å². The van der Waals surface area contributed by atoms with Crippen LogP contribution in [0.4, 0.5) is 5.95 Å². The zero-order chi connectivity index (χ0) is 25.9. The first-order valence-electron chi connectivity index (χ1n) is 10.7. The zero-order valence-corrected chi connectivity index (χ0v) is 18.6. The monoisotopic (exact) mass is 500 g/mol. The average Bonchev–Trinajstić information content (AvgIpc) is 3.19. The highest BCUT2D eigenvalue weighted by molar-refractivity contribution is 5.84. The summed E-state index contributed by atoms with van der Waals surface area (Å²) in [4.78, 5) is 45.8. The van der Waals surface area contributed by atoms with Crippen LogP contribution in [0.2, 0.25) is 0 Å². The molecule has 3 rings (SSSR count). The molecule has 0 radical (unpaired) electrons. The highest BCUT2D eigenvalue weighted by Gasteiger charge is 2.42. The molecule has 194 valence electrons. The van der Waals surface area contributed by atoms with E-state index < -0.39 is 60.3 Å². The maximum Gasteiger partial charge on any atom is 0.329 e. The van der Waals surface area contributed by atoms with E-state index in [1.165, 1.54) is 17.8 Å². The lowest BCUT2D eigenvalue weighted by Gasteiger charge is -2.38. The second-order valence-corrected chi connectivity index (χ2v) is 8.13. The Hall–Kier alpha value is -3.15. The Labute approximate surface area is 197 Å². The number of nitrogen functional groups attached to an aromatic ring is 1. The number of aliphatic hydroxyl groups is 4. The van der Waals surface area contributed by atoms with E-state index >= 15 is 0 Å². The van der Waals surface area contributed by atoms with Gasteiger partial charge in [0.2, 0.25) is 11.9 Å².